The number of aromatic amines is 1. The van der Waals surface area contributed by atoms with E-state index in [1.165, 1.54) is 0 Å². The number of benzene rings is 1. The lowest BCUT2D eigenvalue weighted by Crippen LogP contribution is -1.96. The van der Waals surface area contributed by atoms with Crippen LogP contribution in [0.15, 0.2) is 24.4 Å². The van der Waals surface area contributed by atoms with Crippen LogP contribution in [0.3, 0.4) is 0 Å². The van der Waals surface area contributed by atoms with Crippen molar-refractivity contribution in [3.05, 3.63) is 35.5 Å². The number of aryl methyl sites for hydroxylation is 1. The quantitative estimate of drug-likeness (QED) is 0.706. The van der Waals surface area contributed by atoms with Crippen LogP contribution in [0.1, 0.15) is 17.2 Å². The molecule has 72 valence electrons. The number of fused-ring (bicyclic) bond motifs is 1. The molecule has 0 radical (unpaired) electrons. The van der Waals surface area contributed by atoms with Crippen LogP contribution >= 0.6 is 0 Å². The molecule has 0 aliphatic carbocycles. The summed E-state index contributed by atoms with van der Waals surface area (Å²) in [6.45, 7) is 1.98. The molecule has 0 saturated heterocycles. The summed E-state index contributed by atoms with van der Waals surface area (Å²) in [4.78, 5) is 13.5. The first-order valence-corrected chi connectivity index (χ1v) is 4.44. The third-order valence-electron chi connectivity index (χ3n) is 2.40. The Morgan fingerprint density at radius 1 is 1.50 bits per heavy atom. The fourth-order valence-corrected chi connectivity index (χ4v) is 1.65. The molecule has 0 aliphatic heterocycles. The average molecular weight is 189 g/mol. The molecule has 14 heavy (non-hydrogen) atoms. The maximum absolute atomic E-state index is 10.5. The summed E-state index contributed by atoms with van der Waals surface area (Å²) in [5, 5.41) is 10.3. The Bertz CT molecular complexity index is 473. The summed E-state index contributed by atoms with van der Waals surface area (Å²) in [6.07, 6.45) is 1.17. The van der Waals surface area contributed by atoms with E-state index in [9.17, 15) is 9.90 Å². The number of hydrogen-bond donors (Lipinski definition) is 2. The van der Waals surface area contributed by atoms with Crippen molar-refractivity contribution >= 4 is 17.2 Å². The summed E-state index contributed by atoms with van der Waals surface area (Å²) in [7, 11) is 0. The normalized spacial score (nSPS) is 13.0. The van der Waals surface area contributed by atoms with Crippen LogP contribution in [-0.2, 0) is 4.79 Å². The third-order valence-corrected chi connectivity index (χ3v) is 2.40. The van der Waals surface area contributed by atoms with Gasteiger partial charge in [0.1, 0.15) is 6.10 Å². The second-order valence-electron chi connectivity index (χ2n) is 3.32. The number of aliphatic hydroxyl groups is 1. The minimum absolute atomic E-state index is 0.533. The highest BCUT2D eigenvalue weighted by Gasteiger charge is 2.11. The second-order valence-corrected chi connectivity index (χ2v) is 3.32. The molecule has 1 atom stereocenters. The van der Waals surface area contributed by atoms with E-state index in [4.69, 9.17) is 0 Å². The van der Waals surface area contributed by atoms with E-state index >= 15 is 0 Å². The van der Waals surface area contributed by atoms with E-state index < -0.39 is 6.10 Å². The van der Waals surface area contributed by atoms with Crippen LogP contribution in [0.4, 0.5) is 0 Å². The van der Waals surface area contributed by atoms with Crippen LogP contribution < -0.4 is 0 Å². The van der Waals surface area contributed by atoms with Gasteiger partial charge >= 0.3 is 0 Å². The van der Waals surface area contributed by atoms with Crippen molar-refractivity contribution in [2.75, 3.05) is 0 Å². The lowest BCUT2D eigenvalue weighted by atomic mass is 10.1. The number of H-pyrrole nitrogens is 1. The average Bonchev–Trinajstić information content (AvgIpc) is 2.62. The number of aromatic nitrogens is 1. The lowest BCUT2D eigenvalue weighted by molar-refractivity contribution is -0.115. The van der Waals surface area contributed by atoms with E-state index in [0.717, 1.165) is 16.5 Å². The number of para-hydroxylation sites is 1. The van der Waals surface area contributed by atoms with Gasteiger partial charge in [-0.2, -0.15) is 0 Å². The number of nitrogens with one attached hydrogen (secondary N) is 1. The van der Waals surface area contributed by atoms with Crippen molar-refractivity contribution in [3.8, 4) is 0 Å². The van der Waals surface area contributed by atoms with Crippen molar-refractivity contribution in [3.63, 3.8) is 0 Å². The molecule has 0 bridgehead atoms. The molecule has 0 aliphatic rings. The Morgan fingerprint density at radius 2 is 2.29 bits per heavy atom. The van der Waals surface area contributed by atoms with Crippen molar-refractivity contribution < 1.29 is 9.90 Å². The zero-order chi connectivity index (χ0) is 10.1. The van der Waals surface area contributed by atoms with Gasteiger partial charge < -0.3 is 14.9 Å². The van der Waals surface area contributed by atoms with Crippen molar-refractivity contribution in [1.29, 1.82) is 0 Å². The molecule has 2 N–H and O–H groups in total. The Hall–Kier alpha value is -1.61. The van der Waals surface area contributed by atoms with Crippen LogP contribution in [0.2, 0.25) is 0 Å². The molecule has 0 spiro atoms. The molecule has 0 saturated carbocycles. The highest BCUT2D eigenvalue weighted by atomic mass is 16.3. The van der Waals surface area contributed by atoms with Crippen LogP contribution in [0.25, 0.3) is 10.9 Å². The minimum atomic E-state index is -1.04. The number of rotatable bonds is 2. The van der Waals surface area contributed by atoms with Gasteiger partial charge in [-0.1, -0.05) is 18.2 Å². The summed E-state index contributed by atoms with van der Waals surface area (Å²) >= 11 is 0. The minimum Gasteiger partial charge on any atom is -0.381 e. The summed E-state index contributed by atoms with van der Waals surface area (Å²) in [5.41, 5.74) is 2.72. The first-order chi connectivity index (χ1) is 6.74. The highest BCUT2D eigenvalue weighted by Crippen LogP contribution is 2.24. The van der Waals surface area contributed by atoms with Crippen molar-refractivity contribution in [2.24, 2.45) is 0 Å². The van der Waals surface area contributed by atoms with Crippen molar-refractivity contribution in [2.45, 2.75) is 13.0 Å². The molecule has 0 fully saturated rings. The number of hydrogen-bond acceptors (Lipinski definition) is 2. The van der Waals surface area contributed by atoms with Gasteiger partial charge in [0.25, 0.3) is 0 Å². The second kappa shape index (κ2) is 3.27. The maximum atomic E-state index is 10.5. The molecule has 2 rings (SSSR count). The predicted molar refractivity (Wildman–Crippen MR) is 54.1 cm³/mol. The molecule has 3 heteroatoms. The molecule has 3 nitrogen and oxygen atoms in total. The maximum Gasteiger partial charge on any atom is 0.153 e. The predicted octanol–water partition coefficient (Wildman–Crippen LogP) is 1.71. The van der Waals surface area contributed by atoms with Crippen molar-refractivity contribution in [1.82, 2.24) is 4.98 Å². The molecule has 0 amide bonds. The third kappa shape index (κ3) is 1.22. The Kier molecular flexibility index (Phi) is 2.09. The summed E-state index contributed by atoms with van der Waals surface area (Å²) in [5.74, 6) is 0. The van der Waals surface area contributed by atoms with Gasteiger partial charge in [0, 0.05) is 22.7 Å². The van der Waals surface area contributed by atoms with Gasteiger partial charge in [0.2, 0.25) is 0 Å². The number of aliphatic hydroxyl groups excluding tert-OH is 1. The van der Waals surface area contributed by atoms with Gasteiger partial charge in [0.15, 0.2) is 6.29 Å². The first kappa shape index (κ1) is 8.97. The number of carbonyl (C=O) groups excluding carboxylic acids is 1. The lowest BCUT2D eigenvalue weighted by Gasteiger charge is -2.00. The fraction of sp³-hybridized carbons (Fsp3) is 0.182. The molecular weight excluding hydrogens is 178 g/mol. The highest BCUT2D eigenvalue weighted by molar-refractivity contribution is 5.88. The molecule has 1 aromatic heterocycles. The molecule has 1 unspecified atom stereocenters. The van der Waals surface area contributed by atoms with Crippen LogP contribution in [-0.4, -0.2) is 16.4 Å². The molecule has 2 aromatic rings. The van der Waals surface area contributed by atoms with Gasteiger partial charge in [-0.25, -0.2) is 0 Å². The largest absolute Gasteiger partial charge is 0.381 e. The molecule has 1 aromatic carbocycles. The summed E-state index contributed by atoms with van der Waals surface area (Å²) in [6, 6.07) is 5.78. The van der Waals surface area contributed by atoms with Gasteiger partial charge in [-0.05, 0) is 12.5 Å². The van der Waals surface area contributed by atoms with Crippen LogP contribution in [0.5, 0.6) is 0 Å². The van der Waals surface area contributed by atoms with Gasteiger partial charge in [-0.3, -0.25) is 0 Å². The Balaban J connectivity index is 2.69. The number of aldehydes is 1. The van der Waals surface area contributed by atoms with E-state index in [1.807, 2.05) is 25.1 Å². The Morgan fingerprint density at radius 3 is 3.00 bits per heavy atom. The fourth-order valence-electron chi connectivity index (χ4n) is 1.65. The Labute approximate surface area is 81.4 Å². The smallest absolute Gasteiger partial charge is 0.153 e. The van der Waals surface area contributed by atoms with Gasteiger partial charge in [-0.15, -0.1) is 0 Å². The first-order valence-electron chi connectivity index (χ1n) is 4.44. The van der Waals surface area contributed by atoms with E-state index in [2.05, 4.69) is 4.98 Å². The monoisotopic (exact) mass is 189 g/mol. The molecule has 1 heterocycles. The van der Waals surface area contributed by atoms with Gasteiger partial charge in [0.05, 0.1) is 0 Å². The van der Waals surface area contributed by atoms with Crippen LogP contribution in [0, 0.1) is 6.92 Å². The molecular formula is C11H11NO2. The topological polar surface area (TPSA) is 53.1 Å². The van der Waals surface area contributed by atoms with E-state index in [1.54, 1.807) is 6.20 Å². The zero-order valence-corrected chi connectivity index (χ0v) is 7.82. The zero-order valence-electron chi connectivity index (χ0n) is 7.82. The van der Waals surface area contributed by atoms with E-state index in [-0.39, 0.29) is 0 Å². The SMILES string of the molecule is Cc1cccc2c(C(O)C=O)c[nH]c12. The number of carbonyl (C=O) groups is 1. The standard InChI is InChI=1S/C11H11NO2/c1-7-3-2-4-8-9(10(14)6-13)5-12-11(7)8/h2-6,10,12,14H,1H3. The summed E-state index contributed by atoms with van der Waals surface area (Å²) < 4.78 is 0. The van der Waals surface area contributed by atoms with E-state index in [0.29, 0.717) is 11.8 Å².